The Labute approximate surface area is 211 Å². The van der Waals surface area contributed by atoms with Crippen LogP contribution >= 0.6 is 0 Å². The maximum absolute atomic E-state index is 13.0. The van der Waals surface area contributed by atoms with Crippen LogP contribution in [-0.4, -0.2) is 37.1 Å². The lowest BCUT2D eigenvalue weighted by Gasteiger charge is -2.27. The summed E-state index contributed by atoms with van der Waals surface area (Å²) in [5.41, 5.74) is 6.91. The number of carbonyl (C=O) groups is 1. The summed E-state index contributed by atoms with van der Waals surface area (Å²) in [6, 6.07) is 12.3. The van der Waals surface area contributed by atoms with Crippen molar-refractivity contribution in [2.75, 3.05) is 11.5 Å². The molecule has 0 aliphatic carbocycles. The van der Waals surface area contributed by atoms with Gasteiger partial charge in [0.1, 0.15) is 23.0 Å². The lowest BCUT2D eigenvalue weighted by molar-refractivity contribution is -0.119. The van der Waals surface area contributed by atoms with Gasteiger partial charge in [-0.25, -0.2) is 4.68 Å². The molecule has 0 N–H and O–H groups in total. The van der Waals surface area contributed by atoms with Gasteiger partial charge in [0.05, 0.1) is 31.6 Å². The summed E-state index contributed by atoms with van der Waals surface area (Å²) in [5, 5.41) is 9.39. The first-order valence-corrected chi connectivity index (χ1v) is 12.5. The molecule has 1 aliphatic rings. The van der Waals surface area contributed by atoms with E-state index in [0.717, 1.165) is 50.9 Å². The van der Waals surface area contributed by atoms with Crippen LogP contribution < -0.4 is 9.64 Å². The molecule has 4 heterocycles. The van der Waals surface area contributed by atoms with E-state index in [2.05, 4.69) is 49.1 Å². The Kier molecular flexibility index (Phi) is 6.35. The number of fused-ring (bicyclic) bond motifs is 1. The maximum Gasteiger partial charge on any atom is 0.230 e. The number of hydrogen-bond acceptors (Lipinski definition) is 5. The molecule has 0 fully saturated rings. The molecule has 4 aromatic rings. The van der Waals surface area contributed by atoms with Gasteiger partial charge >= 0.3 is 0 Å². The lowest BCUT2D eigenvalue weighted by Crippen LogP contribution is -2.36. The minimum absolute atomic E-state index is 0.105. The fourth-order valence-corrected chi connectivity index (χ4v) is 4.83. The minimum Gasteiger partial charge on any atom is -0.492 e. The normalized spacial score (nSPS) is 13.4. The van der Waals surface area contributed by atoms with Crippen molar-refractivity contribution in [2.24, 2.45) is 0 Å². The Bertz CT molecular complexity index is 1420. The van der Waals surface area contributed by atoms with Crippen LogP contribution in [0.25, 0.3) is 22.6 Å². The van der Waals surface area contributed by atoms with Crippen LogP contribution in [0.1, 0.15) is 49.9 Å². The average Bonchev–Trinajstić information content (AvgIpc) is 3.45. The van der Waals surface area contributed by atoms with Crippen LogP contribution in [0, 0.1) is 13.8 Å². The Morgan fingerprint density at radius 2 is 1.94 bits per heavy atom. The molecule has 0 saturated heterocycles. The molecule has 36 heavy (non-hydrogen) atoms. The molecule has 3 aromatic heterocycles. The number of amides is 1. The van der Waals surface area contributed by atoms with Gasteiger partial charge in [0.25, 0.3) is 0 Å². The molecule has 0 atom stereocenters. The smallest absolute Gasteiger partial charge is 0.230 e. The number of aryl methyl sites for hydroxylation is 3. The Hall–Kier alpha value is -3.94. The van der Waals surface area contributed by atoms with E-state index in [4.69, 9.17) is 9.84 Å². The van der Waals surface area contributed by atoms with Gasteiger partial charge in [-0.1, -0.05) is 18.2 Å². The number of rotatable bonds is 7. The molecule has 1 aliphatic heterocycles. The van der Waals surface area contributed by atoms with Crippen molar-refractivity contribution in [3.63, 3.8) is 0 Å². The van der Waals surface area contributed by atoms with Crippen molar-refractivity contribution in [1.29, 1.82) is 0 Å². The molecule has 0 radical (unpaired) electrons. The Morgan fingerprint density at radius 3 is 2.69 bits per heavy atom. The van der Waals surface area contributed by atoms with E-state index in [9.17, 15) is 4.79 Å². The predicted octanol–water partition coefficient (Wildman–Crippen LogP) is 5.34. The third-order valence-electron chi connectivity index (χ3n) is 6.54. The highest BCUT2D eigenvalue weighted by molar-refractivity contribution is 5.94. The van der Waals surface area contributed by atoms with E-state index in [1.165, 1.54) is 0 Å². The van der Waals surface area contributed by atoms with Gasteiger partial charge in [0.15, 0.2) is 0 Å². The molecular formula is C28H32N6O2. The molecular weight excluding hydrogens is 452 g/mol. The number of nitrogens with zero attached hydrogens (tertiary/aromatic N) is 6. The lowest BCUT2D eigenvalue weighted by atomic mass is 10.0. The van der Waals surface area contributed by atoms with Crippen molar-refractivity contribution in [3.05, 3.63) is 65.5 Å². The van der Waals surface area contributed by atoms with Crippen molar-refractivity contribution in [1.82, 2.24) is 24.5 Å². The predicted molar refractivity (Wildman–Crippen MR) is 140 cm³/mol. The largest absolute Gasteiger partial charge is 0.492 e. The summed E-state index contributed by atoms with van der Waals surface area (Å²) in [6.45, 7) is 11.9. The average molecular weight is 485 g/mol. The van der Waals surface area contributed by atoms with Gasteiger partial charge in [0, 0.05) is 30.3 Å². The van der Waals surface area contributed by atoms with Crippen molar-refractivity contribution in [2.45, 2.75) is 60.2 Å². The molecule has 8 nitrogen and oxygen atoms in total. The van der Waals surface area contributed by atoms with Gasteiger partial charge in [-0.05, 0) is 63.4 Å². The van der Waals surface area contributed by atoms with E-state index in [-0.39, 0.29) is 11.9 Å². The monoisotopic (exact) mass is 484 g/mol. The van der Waals surface area contributed by atoms with Gasteiger partial charge in [-0.15, -0.1) is 0 Å². The van der Waals surface area contributed by atoms with Crippen molar-refractivity contribution >= 4 is 11.7 Å². The van der Waals surface area contributed by atoms with E-state index >= 15 is 0 Å². The second-order valence-corrected chi connectivity index (χ2v) is 9.49. The van der Waals surface area contributed by atoms with E-state index in [0.29, 0.717) is 26.1 Å². The molecule has 1 aromatic carbocycles. The van der Waals surface area contributed by atoms with Gasteiger partial charge < -0.3 is 4.74 Å². The van der Waals surface area contributed by atoms with E-state index in [1.807, 2.05) is 52.5 Å². The van der Waals surface area contributed by atoms with Crippen LogP contribution in [0.2, 0.25) is 0 Å². The van der Waals surface area contributed by atoms with Crippen LogP contribution in [0.4, 0.5) is 5.82 Å². The molecule has 0 unspecified atom stereocenters. The van der Waals surface area contributed by atoms with Gasteiger partial charge in [0.2, 0.25) is 5.91 Å². The molecule has 186 valence electrons. The van der Waals surface area contributed by atoms with Crippen molar-refractivity contribution in [3.8, 4) is 28.4 Å². The first kappa shape index (κ1) is 23.8. The Morgan fingerprint density at radius 1 is 1.11 bits per heavy atom. The van der Waals surface area contributed by atoms with Crippen LogP contribution in [0.5, 0.6) is 5.75 Å². The number of anilines is 1. The van der Waals surface area contributed by atoms with Gasteiger partial charge in [-0.2, -0.15) is 10.2 Å². The highest BCUT2D eigenvalue weighted by Crippen LogP contribution is 2.34. The molecule has 0 spiro atoms. The second-order valence-electron chi connectivity index (χ2n) is 9.49. The third-order valence-corrected chi connectivity index (χ3v) is 6.54. The summed E-state index contributed by atoms with van der Waals surface area (Å²) in [4.78, 5) is 19.4. The zero-order valence-corrected chi connectivity index (χ0v) is 21.5. The summed E-state index contributed by atoms with van der Waals surface area (Å²) in [7, 11) is 0. The zero-order valence-electron chi connectivity index (χ0n) is 21.5. The first-order valence-electron chi connectivity index (χ1n) is 12.5. The summed E-state index contributed by atoms with van der Waals surface area (Å²) in [6.07, 6.45) is 4.09. The molecule has 1 amide bonds. The van der Waals surface area contributed by atoms with Crippen LogP contribution in [0.3, 0.4) is 0 Å². The molecule has 5 rings (SSSR count). The highest BCUT2D eigenvalue weighted by atomic mass is 16.5. The first-order chi connectivity index (χ1) is 17.4. The number of hydrogen-bond donors (Lipinski definition) is 0. The number of ether oxygens (including phenoxy) is 1. The Balaban J connectivity index is 1.46. The SMILES string of the molecule is CCOc1cccnc1-c1ccc(CN2C(=O)CCn3nc(-c4c(C)cnn4C(C)C)cc32)cc1C. The quantitative estimate of drug-likeness (QED) is 0.354. The van der Waals surface area contributed by atoms with Crippen molar-refractivity contribution < 1.29 is 9.53 Å². The summed E-state index contributed by atoms with van der Waals surface area (Å²) >= 11 is 0. The number of benzene rings is 1. The molecule has 0 saturated carbocycles. The fraction of sp³-hybridized carbons (Fsp3) is 0.357. The number of carbonyl (C=O) groups excluding carboxylic acids is 1. The van der Waals surface area contributed by atoms with Crippen LogP contribution in [-0.2, 0) is 17.9 Å². The van der Waals surface area contributed by atoms with Gasteiger partial charge in [-0.3, -0.25) is 19.4 Å². The topological polar surface area (TPSA) is 78.1 Å². The van der Waals surface area contributed by atoms with E-state index < -0.39 is 0 Å². The zero-order chi connectivity index (χ0) is 25.4. The fourth-order valence-electron chi connectivity index (χ4n) is 4.83. The minimum atomic E-state index is 0.105. The molecule has 8 heteroatoms. The highest BCUT2D eigenvalue weighted by Gasteiger charge is 2.28. The maximum atomic E-state index is 13.0. The summed E-state index contributed by atoms with van der Waals surface area (Å²) < 4.78 is 9.72. The molecule has 0 bridgehead atoms. The second kappa shape index (κ2) is 9.60. The standard InChI is InChI=1S/C28H32N6O2/c1-6-36-24-8-7-12-29-27(24)22-10-9-21(14-19(22)4)17-32-25-15-23(31-33(25)13-11-26(32)35)28-20(5)16-30-34(28)18(2)3/h7-10,12,14-16,18H,6,11,13,17H2,1-5H3. The number of aromatic nitrogens is 5. The summed E-state index contributed by atoms with van der Waals surface area (Å²) in [5.74, 6) is 1.70. The third kappa shape index (κ3) is 4.27. The van der Waals surface area contributed by atoms with E-state index in [1.54, 1.807) is 6.20 Å². The number of pyridine rings is 1. The van der Waals surface area contributed by atoms with Crippen LogP contribution in [0.15, 0.2) is 48.8 Å².